The Bertz CT molecular complexity index is 205. The van der Waals surface area contributed by atoms with Crippen LogP contribution in [0.2, 0.25) is 0 Å². The minimum Gasteiger partial charge on any atom is -1.00 e. The molecule has 0 bridgehead atoms. The summed E-state index contributed by atoms with van der Waals surface area (Å²) in [5.41, 5.74) is 0. The molecule has 0 spiro atoms. The van der Waals surface area contributed by atoms with Gasteiger partial charge in [-0.1, -0.05) is 10.4 Å². The predicted molar refractivity (Wildman–Crippen MR) is 38.9 cm³/mol. The molecule has 5 nitrogen and oxygen atoms in total. The molecule has 0 atom stereocenters. The van der Waals surface area contributed by atoms with Crippen molar-refractivity contribution in [1.82, 2.24) is 0 Å². The van der Waals surface area contributed by atoms with Gasteiger partial charge in [0.05, 0.1) is 13.2 Å². The monoisotopic (exact) mass is 206 g/mol. The quantitative estimate of drug-likeness (QED) is 0.208. The summed E-state index contributed by atoms with van der Waals surface area (Å²) in [6.45, 7) is 4.85. The first-order valence-electron chi connectivity index (χ1n) is 2.93. The van der Waals surface area contributed by atoms with Crippen molar-refractivity contribution in [2.24, 2.45) is 0 Å². The Hall–Kier alpha value is 0.570. The summed E-state index contributed by atoms with van der Waals surface area (Å²) in [5.74, 6) is 0. The van der Waals surface area contributed by atoms with Gasteiger partial charge in [0, 0.05) is 0 Å². The first-order valence-corrected chi connectivity index (χ1v) is 4.27. The van der Waals surface area contributed by atoms with Gasteiger partial charge in [-0.2, -0.15) is 8.42 Å². The summed E-state index contributed by atoms with van der Waals surface area (Å²) in [6.07, 6.45) is 1.28. The standard InChI is InChI=1S/C5H10O5S.Na.H/c1-3-5-9-11(6,7)10-8-4-2;;/h3H,1,4-5H2,2H3;;/q;+1;-1. The second kappa shape index (κ2) is 8.18. The molecule has 7 heteroatoms. The SMILES string of the molecule is C=CCOS(=O)(=O)OOCC.[H-].[Na+]. The van der Waals surface area contributed by atoms with Gasteiger partial charge in [-0.25, -0.2) is 9.07 Å². The van der Waals surface area contributed by atoms with E-state index in [-0.39, 0.29) is 44.2 Å². The maximum Gasteiger partial charge on any atom is 1.00 e. The van der Waals surface area contributed by atoms with Crippen LogP contribution in [-0.4, -0.2) is 21.6 Å². The third kappa shape index (κ3) is 8.66. The van der Waals surface area contributed by atoms with Crippen molar-refractivity contribution in [3.8, 4) is 0 Å². The smallest absolute Gasteiger partial charge is 1.00 e. The van der Waals surface area contributed by atoms with E-state index in [1.165, 1.54) is 6.08 Å². The fraction of sp³-hybridized carbons (Fsp3) is 0.600. The Morgan fingerprint density at radius 2 is 2.17 bits per heavy atom. The summed E-state index contributed by atoms with van der Waals surface area (Å²) in [4.78, 5) is 4.15. The van der Waals surface area contributed by atoms with Crippen LogP contribution in [0.5, 0.6) is 0 Å². The van der Waals surface area contributed by atoms with Gasteiger partial charge < -0.3 is 1.43 Å². The molecular formula is C5H11NaO5S. The van der Waals surface area contributed by atoms with Gasteiger partial charge in [0.1, 0.15) is 0 Å². The van der Waals surface area contributed by atoms with Crippen molar-refractivity contribution in [3.05, 3.63) is 12.7 Å². The second-order valence-electron chi connectivity index (χ2n) is 1.46. The molecule has 0 heterocycles. The maximum atomic E-state index is 10.5. The molecule has 0 aliphatic heterocycles. The molecule has 0 aliphatic rings. The molecule has 12 heavy (non-hydrogen) atoms. The van der Waals surface area contributed by atoms with Gasteiger partial charge in [-0.15, -0.1) is 6.58 Å². The van der Waals surface area contributed by atoms with E-state index < -0.39 is 10.4 Å². The normalized spacial score (nSPS) is 10.4. The van der Waals surface area contributed by atoms with Crippen LogP contribution in [0.25, 0.3) is 0 Å². The van der Waals surface area contributed by atoms with Gasteiger partial charge in [-0.05, 0) is 6.92 Å². The zero-order valence-electron chi connectivity index (χ0n) is 8.15. The van der Waals surface area contributed by atoms with Crippen LogP contribution in [-0.2, 0) is 23.8 Å². The van der Waals surface area contributed by atoms with Gasteiger partial charge in [0.25, 0.3) is 0 Å². The third-order valence-electron chi connectivity index (χ3n) is 0.580. The molecule has 0 unspecified atom stereocenters. The van der Waals surface area contributed by atoms with E-state index in [2.05, 4.69) is 20.0 Å². The van der Waals surface area contributed by atoms with Crippen LogP contribution >= 0.6 is 0 Å². The van der Waals surface area contributed by atoms with E-state index >= 15 is 0 Å². The van der Waals surface area contributed by atoms with Gasteiger partial charge >= 0.3 is 40.0 Å². The first-order chi connectivity index (χ1) is 5.12. The maximum absolute atomic E-state index is 10.5. The van der Waals surface area contributed by atoms with Crippen LogP contribution in [0.4, 0.5) is 0 Å². The summed E-state index contributed by atoms with van der Waals surface area (Å²) in [5, 5.41) is 0. The molecule has 0 radical (unpaired) electrons. The Labute approximate surface area is 95.7 Å². The predicted octanol–water partition coefficient (Wildman–Crippen LogP) is -2.48. The minimum absolute atomic E-state index is 0. The van der Waals surface area contributed by atoms with Crippen LogP contribution in [0.1, 0.15) is 8.35 Å². The number of rotatable bonds is 6. The summed E-state index contributed by atoms with van der Waals surface area (Å²) >= 11 is 0. The van der Waals surface area contributed by atoms with E-state index in [0.29, 0.717) is 0 Å². The zero-order chi connectivity index (χ0) is 8.74. The van der Waals surface area contributed by atoms with Crippen LogP contribution in [0, 0.1) is 0 Å². The molecule has 0 aliphatic carbocycles. The van der Waals surface area contributed by atoms with Gasteiger partial charge in [-0.3, -0.25) is 0 Å². The summed E-state index contributed by atoms with van der Waals surface area (Å²) < 4.78 is 29.1. The van der Waals surface area contributed by atoms with E-state index in [4.69, 9.17) is 0 Å². The largest absolute Gasteiger partial charge is 1.00 e. The van der Waals surface area contributed by atoms with Crippen molar-refractivity contribution >= 4 is 10.4 Å². The molecule has 0 fully saturated rings. The summed E-state index contributed by atoms with van der Waals surface area (Å²) in [6, 6.07) is 0. The summed E-state index contributed by atoms with van der Waals surface area (Å²) in [7, 11) is -4.00. The molecule has 0 saturated heterocycles. The van der Waals surface area contributed by atoms with E-state index in [0.717, 1.165) is 0 Å². The van der Waals surface area contributed by atoms with Crippen molar-refractivity contribution in [2.45, 2.75) is 6.92 Å². The Morgan fingerprint density at radius 1 is 1.58 bits per heavy atom. The third-order valence-corrected chi connectivity index (χ3v) is 1.27. The molecular weight excluding hydrogens is 195 g/mol. The van der Waals surface area contributed by atoms with E-state index in [1.54, 1.807) is 6.92 Å². The second-order valence-corrected chi connectivity index (χ2v) is 2.64. The zero-order valence-corrected chi connectivity index (χ0v) is 9.96. The molecule has 68 valence electrons. The molecule has 0 N–H and O–H groups in total. The van der Waals surface area contributed by atoms with Crippen molar-refractivity contribution in [2.75, 3.05) is 13.2 Å². The molecule has 0 rings (SSSR count). The molecule has 0 aromatic carbocycles. The van der Waals surface area contributed by atoms with Gasteiger partial charge in [0.15, 0.2) is 0 Å². The molecule has 0 amide bonds. The fourth-order valence-corrected chi connectivity index (χ4v) is 0.774. The van der Waals surface area contributed by atoms with Crippen LogP contribution in [0.15, 0.2) is 12.7 Å². The number of hydrogen-bond acceptors (Lipinski definition) is 5. The van der Waals surface area contributed by atoms with Crippen LogP contribution in [0.3, 0.4) is 0 Å². The van der Waals surface area contributed by atoms with Crippen molar-refractivity contribution in [3.63, 3.8) is 0 Å². The first kappa shape index (κ1) is 15.1. The van der Waals surface area contributed by atoms with Crippen LogP contribution < -0.4 is 29.6 Å². The van der Waals surface area contributed by atoms with E-state index in [1.807, 2.05) is 0 Å². The Kier molecular flexibility index (Phi) is 10.3. The topological polar surface area (TPSA) is 61.8 Å². The van der Waals surface area contributed by atoms with Gasteiger partial charge in [0.2, 0.25) is 0 Å². The average Bonchev–Trinajstić information content (AvgIpc) is 1.97. The molecule has 0 saturated carbocycles. The average molecular weight is 206 g/mol. The molecule has 0 aromatic heterocycles. The van der Waals surface area contributed by atoms with Crippen molar-refractivity contribution < 1.29 is 52.8 Å². The Balaban J connectivity index is -0.000000500. The minimum atomic E-state index is -4.00. The van der Waals surface area contributed by atoms with E-state index in [9.17, 15) is 8.42 Å². The Morgan fingerprint density at radius 3 is 2.58 bits per heavy atom. The number of hydrogen-bond donors (Lipinski definition) is 0. The fourth-order valence-electron chi connectivity index (χ4n) is 0.258. The molecule has 0 aromatic rings. The van der Waals surface area contributed by atoms with Crippen molar-refractivity contribution in [1.29, 1.82) is 0 Å².